The predicted molar refractivity (Wildman–Crippen MR) is 124 cm³/mol. The molecule has 0 unspecified atom stereocenters. The second-order valence-corrected chi connectivity index (χ2v) is 10.6. The lowest BCUT2D eigenvalue weighted by molar-refractivity contribution is -0.115. The number of carbonyl (C=O) groups is 1. The third-order valence-corrected chi connectivity index (χ3v) is 8.84. The highest BCUT2D eigenvalue weighted by atomic mass is 32.2. The number of aromatic nitrogens is 1. The fourth-order valence-corrected chi connectivity index (χ4v) is 6.28. The summed E-state index contributed by atoms with van der Waals surface area (Å²) in [5.41, 5.74) is 2.87. The zero-order valence-corrected chi connectivity index (χ0v) is 19.9. The maximum Gasteiger partial charge on any atom is 0.243 e. The van der Waals surface area contributed by atoms with E-state index >= 15 is 0 Å². The first-order valence-corrected chi connectivity index (χ1v) is 12.9. The van der Waals surface area contributed by atoms with Crippen LogP contribution in [0.4, 0.5) is 5.69 Å². The minimum absolute atomic E-state index is 0.132. The molecule has 0 radical (unpaired) electrons. The van der Waals surface area contributed by atoms with Crippen LogP contribution < -0.4 is 5.32 Å². The summed E-state index contributed by atoms with van der Waals surface area (Å²) in [6.45, 7) is 8.12. The average Bonchev–Trinajstić information content (AvgIpc) is 3.37. The van der Waals surface area contributed by atoms with Gasteiger partial charge >= 0.3 is 0 Å². The number of sulfonamides is 1. The zero-order valence-electron chi connectivity index (χ0n) is 17.4. The van der Waals surface area contributed by atoms with E-state index in [-0.39, 0.29) is 17.2 Å². The number of hydrogen-bond acceptors (Lipinski definition) is 6. The van der Waals surface area contributed by atoms with Crippen LogP contribution in [-0.4, -0.2) is 36.7 Å². The summed E-state index contributed by atoms with van der Waals surface area (Å²) in [6.07, 6.45) is 0.132. The van der Waals surface area contributed by atoms with Crippen molar-refractivity contribution in [1.82, 2.24) is 9.29 Å². The van der Waals surface area contributed by atoms with Crippen molar-refractivity contribution in [3.8, 4) is 9.88 Å². The fourth-order valence-electron chi connectivity index (χ4n) is 3.08. The van der Waals surface area contributed by atoms with Gasteiger partial charge in [-0.15, -0.1) is 22.7 Å². The summed E-state index contributed by atoms with van der Waals surface area (Å²) in [6, 6.07) is 7.18. The van der Waals surface area contributed by atoms with Crippen LogP contribution in [0, 0.1) is 13.8 Å². The fraction of sp³-hybridized carbons (Fsp3) is 0.333. The Morgan fingerprint density at radius 2 is 1.90 bits per heavy atom. The highest BCUT2D eigenvalue weighted by molar-refractivity contribution is 7.89. The van der Waals surface area contributed by atoms with E-state index in [9.17, 15) is 13.2 Å². The standard InChI is InChI=1S/C21H25N3O3S3/c1-5-24(6-2)30(26,27)17-10-14(3)15(4)18(12-17)23-20(25)11-16-13-29-21(22-16)19-8-7-9-28-19/h7-10,12-13H,5-6,11H2,1-4H3,(H,23,25). The van der Waals surface area contributed by atoms with Gasteiger partial charge in [0, 0.05) is 24.2 Å². The maximum atomic E-state index is 12.9. The molecule has 1 aromatic carbocycles. The summed E-state index contributed by atoms with van der Waals surface area (Å²) < 4.78 is 27.2. The third kappa shape index (κ3) is 4.80. The Hall–Kier alpha value is -2.07. The quantitative estimate of drug-likeness (QED) is 0.525. The molecule has 0 saturated heterocycles. The van der Waals surface area contributed by atoms with E-state index in [1.165, 1.54) is 15.6 Å². The molecule has 0 bridgehead atoms. The van der Waals surface area contributed by atoms with E-state index in [1.54, 1.807) is 23.5 Å². The number of amides is 1. The molecule has 3 aromatic rings. The Balaban J connectivity index is 1.80. The number of thiophene rings is 1. The molecule has 160 valence electrons. The van der Waals surface area contributed by atoms with Crippen molar-refractivity contribution in [1.29, 1.82) is 0 Å². The molecule has 6 nitrogen and oxygen atoms in total. The minimum Gasteiger partial charge on any atom is -0.325 e. The van der Waals surface area contributed by atoms with Crippen molar-refractivity contribution < 1.29 is 13.2 Å². The highest BCUT2D eigenvalue weighted by Gasteiger charge is 2.23. The Bertz CT molecular complexity index is 1130. The first kappa shape index (κ1) is 22.6. The number of carbonyl (C=O) groups excluding carboxylic acids is 1. The molecule has 9 heteroatoms. The van der Waals surface area contributed by atoms with Crippen LogP contribution in [0.15, 0.2) is 39.9 Å². The lowest BCUT2D eigenvalue weighted by Crippen LogP contribution is -2.30. The van der Waals surface area contributed by atoms with Gasteiger partial charge < -0.3 is 5.32 Å². The van der Waals surface area contributed by atoms with Gasteiger partial charge in [-0.1, -0.05) is 19.9 Å². The van der Waals surface area contributed by atoms with Crippen LogP contribution >= 0.6 is 22.7 Å². The summed E-state index contributed by atoms with van der Waals surface area (Å²) in [4.78, 5) is 18.5. The molecule has 0 aliphatic rings. The number of thiazole rings is 1. The van der Waals surface area contributed by atoms with Crippen molar-refractivity contribution in [2.45, 2.75) is 39.0 Å². The van der Waals surface area contributed by atoms with Crippen LogP contribution in [0.2, 0.25) is 0 Å². The maximum absolute atomic E-state index is 12.9. The second-order valence-electron chi connectivity index (χ2n) is 6.85. The molecule has 0 spiro atoms. The van der Waals surface area contributed by atoms with Crippen LogP contribution in [0.5, 0.6) is 0 Å². The number of hydrogen-bond donors (Lipinski definition) is 1. The van der Waals surface area contributed by atoms with Crippen LogP contribution in [0.25, 0.3) is 9.88 Å². The summed E-state index contributed by atoms with van der Waals surface area (Å²) in [7, 11) is -3.61. The number of nitrogens with zero attached hydrogens (tertiary/aromatic N) is 2. The smallest absolute Gasteiger partial charge is 0.243 e. The second kappa shape index (κ2) is 9.38. The number of rotatable bonds is 8. The van der Waals surface area contributed by atoms with Gasteiger partial charge in [0.05, 0.1) is 21.9 Å². The van der Waals surface area contributed by atoms with Crippen molar-refractivity contribution in [2.24, 2.45) is 0 Å². The Morgan fingerprint density at radius 1 is 1.17 bits per heavy atom. The lowest BCUT2D eigenvalue weighted by atomic mass is 10.1. The first-order valence-electron chi connectivity index (χ1n) is 9.65. The summed E-state index contributed by atoms with van der Waals surface area (Å²) in [5.74, 6) is -0.224. The van der Waals surface area contributed by atoms with E-state index in [1.807, 2.05) is 50.6 Å². The predicted octanol–water partition coefficient (Wildman–Crippen LogP) is 4.70. The Morgan fingerprint density at radius 3 is 2.53 bits per heavy atom. The SMILES string of the molecule is CCN(CC)S(=O)(=O)c1cc(C)c(C)c(NC(=O)Cc2csc(-c3cccs3)n2)c1. The number of aryl methyl sites for hydroxylation is 1. The molecule has 1 N–H and O–H groups in total. The molecule has 0 saturated carbocycles. The molecular weight excluding hydrogens is 438 g/mol. The van der Waals surface area contributed by atoms with Gasteiger partial charge in [-0.05, 0) is 48.6 Å². The molecule has 0 aliphatic heterocycles. The van der Waals surface area contributed by atoms with Gasteiger partial charge in [-0.25, -0.2) is 13.4 Å². The number of nitrogens with one attached hydrogen (secondary N) is 1. The van der Waals surface area contributed by atoms with Gasteiger partial charge in [0.1, 0.15) is 5.01 Å². The van der Waals surface area contributed by atoms with Crippen molar-refractivity contribution in [2.75, 3.05) is 18.4 Å². The number of benzene rings is 1. The Labute approximate surface area is 185 Å². The third-order valence-electron chi connectivity index (χ3n) is 4.88. The van der Waals surface area contributed by atoms with Gasteiger partial charge in [0.15, 0.2) is 0 Å². The van der Waals surface area contributed by atoms with E-state index < -0.39 is 10.0 Å². The largest absolute Gasteiger partial charge is 0.325 e. The van der Waals surface area contributed by atoms with Gasteiger partial charge in [0.25, 0.3) is 0 Å². The topological polar surface area (TPSA) is 79.4 Å². The molecular formula is C21H25N3O3S3. The average molecular weight is 464 g/mol. The molecule has 2 aromatic heterocycles. The van der Waals surface area contributed by atoms with Gasteiger partial charge in [-0.2, -0.15) is 4.31 Å². The molecule has 3 rings (SSSR count). The van der Waals surface area contributed by atoms with Gasteiger partial charge in [-0.3, -0.25) is 4.79 Å². The molecule has 1 amide bonds. The van der Waals surface area contributed by atoms with Crippen LogP contribution in [0.3, 0.4) is 0 Å². The zero-order chi connectivity index (χ0) is 21.9. The van der Waals surface area contributed by atoms with E-state index in [4.69, 9.17) is 0 Å². The normalized spacial score (nSPS) is 11.8. The molecule has 0 aliphatic carbocycles. The molecule has 0 fully saturated rings. The van der Waals surface area contributed by atoms with Gasteiger partial charge in [0.2, 0.25) is 15.9 Å². The highest BCUT2D eigenvalue weighted by Crippen LogP contribution is 2.29. The van der Waals surface area contributed by atoms with E-state index in [0.717, 1.165) is 21.0 Å². The summed E-state index contributed by atoms with van der Waals surface area (Å²) >= 11 is 3.12. The lowest BCUT2D eigenvalue weighted by Gasteiger charge is -2.20. The number of anilines is 1. The van der Waals surface area contributed by atoms with Crippen molar-refractivity contribution in [3.63, 3.8) is 0 Å². The van der Waals surface area contributed by atoms with Crippen molar-refractivity contribution >= 4 is 44.3 Å². The molecule has 2 heterocycles. The van der Waals surface area contributed by atoms with Crippen LogP contribution in [0.1, 0.15) is 30.7 Å². The van der Waals surface area contributed by atoms with Crippen molar-refractivity contribution in [3.05, 3.63) is 51.8 Å². The van der Waals surface area contributed by atoms with E-state index in [2.05, 4.69) is 10.3 Å². The molecule has 0 atom stereocenters. The van der Waals surface area contributed by atoms with Crippen LogP contribution in [-0.2, 0) is 21.2 Å². The summed E-state index contributed by atoms with van der Waals surface area (Å²) in [5, 5.41) is 7.65. The minimum atomic E-state index is -3.61. The molecule has 30 heavy (non-hydrogen) atoms. The van der Waals surface area contributed by atoms with E-state index in [0.29, 0.717) is 24.5 Å². The monoisotopic (exact) mass is 463 g/mol. The Kier molecular flexibility index (Phi) is 7.07. The first-order chi connectivity index (χ1) is 14.3.